The Bertz CT molecular complexity index is 1010. The Morgan fingerprint density at radius 1 is 1.00 bits per heavy atom. The number of piperidine rings is 1. The number of likely N-dealkylation sites (tertiary alicyclic amines) is 1. The van der Waals surface area contributed by atoms with Crippen LogP contribution in [0, 0.1) is 13.8 Å². The van der Waals surface area contributed by atoms with Gasteiger partial charge in [-0.2, -0.15) is 0 Å². The molecular formula is C24H28N4OS. The van der Waals surface area contributed by atoms with Gasteiger partial charge in [-0.15, -0.1) is 10.2 Å². The number of benzene rings is 2. The van der Waals surface area contributed by atoms with E-state index in [4.69, 9.17) is 0 Å². The van der Waals surface area contributed by atoms with Gasteiger partial charge in [0.25, 0.3) is 0 Å². The third kappa shape index (κ3) is 4.82. The van der Waals surface area contributed by atoms with Gasteiger partial charge in [0.05, 0.1) is 12.3 Å². The van der Waals surface area contributed by atoms with Crippen LogP contribution in [0.1, 0.15) is 46.6 Å². The molecule has 0 spiro atoms. The van der Waals surface area contributed by atoms with Gasteiger partial charge in [-0.25, -0.2) is 0 Å². The number of aryl methyl sites for hydroxylation is 2. The van der Waals surface area contributed by atoms with E-state index in [9.17, 15) is 4.79 Å². The number of ketones is 1. The molecule has 30 heavy (non-hydrogen) atoms. The third-order valence-corrected chi connectivity index (χ3v) is 6.48. The molecule has 1 aliphatic heterocycles. The molecule has 2 heterocycles. The molecule has 0 bridgehead atoms. The maximum Gasteiger partial charge on any atom is 0.196 e. The number of Topliss-reactive ketones (excluding diaryl/α,β-unsaturated/α-hetero) is 1. The van der Waals surface area contributed by atoms with Gasteiger partial charge < -0.3 is 0 Å². The van der Waals surface area contributed by atoms with Crippen LogP contribution in [-0.2, 0) is 6.54 Å². The standard InChI is InChI=1S/C24H28N4OS/c1-18-11-12-19(2)21(15-18)22(29)17-30-24-26-25-23(16-27-13-7-4-8-14-27)28(24)20-9-5-3-6-10-20/h3,5-6,9-12,15H,4,7-8,13-14,16-17H2,1-2H3. The highest BCUT2D eigenvalue weighted by molar-refractivity contribution is 7.99. The molecule has 3 aromatic rings. The lowest BCUT2D eigenvalue weighted by atomic mass is 10.0. The summed E-state index contributed by atoms with van der Waals surface area (Å²) >= 11 is 1.46. The lowest BCUT2D eigenvalue weighted by Crippen LogP contribution is -2.30. The van der Waals surface area contributed by atoms with E-state index in [2.05, 4.69) is 31.8 Å². The smallest absolute Gasteiger partial charge is 0.196 e. The summed E-state index contributed by atoms with van der Waals surface area (Å²) in [6, 6.07) is 16.2. The van der Waals surface area contributed by atoms with Gasteiger partial charge in [-0.05, 0) is 63.5 Å². The molecule has 0 atom stereocenters. The fraction of sp³-hybridized carbons (Fsp3) is 0.375. The number of nitrogens with zero attached hydrogens (tertiary/aromatic N) is 4. The van der Waals surface area contributed by atoms with Crippen LogP contribution in [-0.4, -0.2) is 44.3 Å². The number of carbonyl (C=O) groups excluding carboxylic acids is 1. The predicted molar refractivity (Wildman–Crippen MR) is 121 cm³/mol. The highest BCUT2D eigenvalue weighted by Crippen LogP contribution is 2.25. The zero-order valence-corrected chi connectivity index (χ0v) is 18.5. The Labute approximate surface area is 182 Å². The monoisotopic (exact) mass is 420 g/mol. The van der Waals surface area contributed by atoms with E-state index in [1.54, 1.807) is 0 Å². The Morgan fingerprint density at radius 2 is 1.77 bits per heavy atom. The Kier molecular flexibility index (Phi) is 6.65. The molecule has 0 N–H and O–H groups in total. The maximum absolute atomic E-state index is 12.9. The largest absolute Gasteiger partial charge is 0.296 e. The van der Waals surface area contributed by atoms with E-state index in [-0.39, 0.29) is 5.78 Å². The normalized spacial score (nSPS) is 14.7. The molecule has 1 saturated heterocycles. The van der Waals surface area contributed by atoms with Crippen molar-refractivity contribution < 1.29 is 4.79 Å². The molecule has 2 aromatic carbocycles. The first kappa shape index (κ1) is 20.8. The van der Waals surface area contributed by atoms with E-state index < -0.39 is 0 Å². The third-order valence-electron chi connectivity index (χ3n) is 5.55. The molecule has 1 aliphatic rings. The summed E-state index contributed by atoms with van der Waals surface area (Å²) in [7, 11) is 0. The fourth-order valence-electron chi connectivity index (χ4n) is 3.89. The van der Waals surface area contributed by atoms with Crippen molar-refractivity contribution in [3.63, 3.8) is 0 Å². The molecule has 0 saturated carbocycles. The Hall–Kier alpha value is -2.44. The number of para-hydroxylation sites is 1. The summed E-state index contributed by atoms with van der Waals surface area (Å²) in [5.41, 5.74) is 3.95. The van der Waals surface area contributed by atoms with Crippen molar-refractivity contribution in [2.24, 2.45) is 0 Å². The molecule has 156 valence electrons. The van der Waals surface area contributed by atoms with Gasteiger partial charge in [0.2, 0.25) is 0 Å². The quantitative estimate of drug-likeness (QED) is 0.404. The van der Waals surface area contributed by atoms with Crippen LogP contribution >= 0.6 is 11.8 Å². The van der Waals surface area contributed by atoms with Crippen LogP contribution in [0.2, 0.25) is 0 Å². The summed E-state index contributed by atoms with van der Waals surface area (Å²) in [6.45, 7) is 7.00. The minimum atomic E-state index is 0.126. The van der Waals surface area contributed by atoms with E-state index in [0.717, 1.165) is 53.0 Å². The van der Waals surface area contributed by atoms with Crippen LogP contribution in [0.15, 0.2) is 53.7 Å². The second-order valence-electron chi connectivity index (χ2n) is 7.94. The van der Waals surface area contributed by atoms with Crippen molar-refractivity contribution in [3.8, 4) is 5.69 Å². The molecule has 5 nitrogen and oxygen atoms in total. The summed E-state index contributed by atoms with van der Waals surface area (Å²) in [6.07, 6.45) is 3.79. The van der Waals surface area contributed by atoms with Crippen LogP contribution < -0.4 is 0 Å². The number of hydrogen-bond donors (Lipinski definition) is 0. The van der Waals surface area contributed by atoms with Crippen LogP contribution in [0.25, 0.3) is 5.69 Å². The number of aromatic nitrogens is 3. The topological polar surface area (TPSA) is 51.0 Å². The molecule has 6 heteroatoms. The number of hydrogen-bond acceptors (Lipinski definition) is 5. The summed E-state index contributed by atoms with van der Waals surface area (Å²) in [5.74, 6) is 1.41. The van der Waals surface area contributed by atoms with E-state index in [1.165, 1.54) is 31.0 Å². The fourth-order valence-corrected chi connectivity index (χ4v) is 4.75. The van der Waals surface area contributed by atoms with E-state index >= 15 is 0 Å². The lowest BCUT2D eigenvalue weighted by Gasteiger charge is -2.26. The van der Waals surface area contributed by atoms with Crippen molar-refractivity contribution in [1.82, 2.24) is 19.7 Å². The molecule has 1 fully saturated rings. The molecule has 1 aromatic heterocycles. The minimum absolute atomic E-state index is 0.126. The van der Waals surface area contributed by atoms with Gasteiger partial charge in [-0.1, -0.05) is 54.1 Å². The van der Waals surface area contributed by atoms with Gasteiger partial charge in [0.1, 0.15) is 0 Å². The molecule has 0 aliphatic carbocycles. The molecule has 4 rings (SSSR count). The Balaban J connectivity index is 1.56. The van der Waals surface area contributed by atoms with Crippen LogP contribution in [0.3, 0.4) is 0 Å². The van der Waals surface area contributed by atoms with E-state index in [0.29, 0.717) is 5.75 Å². The number of thioether (sulfide) groups is 1. The molecule has 0 amide bonds. The zero-order valence-electron chi connectivity index (χ0n) is 17.7. The molecule has 0 unspecified atom stereocenters. The van der Waals surface area contributed by atoms with Crippen molar-refractivity contribution in [1.29, 1.82) is 0 Å². The lowest BCUT2D eigenvalue weighted by molar-refractivity contribution is 0.102. The van der Waals surface area contributed by atoms with Gasteiger partial charge >= 0.3 is 0 Å². The second kappa shape index (κ2) is 9.58. The number of carbonyl (C=O) groups is 1. The van der Waals surface area contributed by atoms with E-state index in [1.807, 2.05) is 50.2 Å². The van der Waals surface area contributed by atoms with Crippen molar-refractivity contribution >= 4 is 17.5 Å². The minimum Gasteiger partial charge on any atom is -0.296 e. The first-order valence-corrected chi connectivity index (χ1v) is 11.6. The first-order chi connectivity index (χ1) is 14.6. The van der Waals surface area contributed by atoms with Gasteiger partial charge in [-0.3, -0.25) is 14.3 Å². The predicted octanol–water partition coefficient (Wildman–Crippen LogP) is 4.85. The van der Waals surface area contributed by atoms with Crippen LogP contribution in [0.5, 0.6) is 0 Å². The first-order valence-electron chi connectivity index (χ1n) is 10.6. The average molecular weight is 421 g/mol. The average Bonchev–Trinajstić information content (AvgIpc) is 3.17. The van der Waals surface area contributed by atoms with Crippen molar-refractivity contribution in [2.45, 2.75) is 44.8 Å². The molecule has 0 radical (unpaired) electrons. The highest BCUT2D eigenvalue weighted by Gasteiger charge is 2.20. The van der Waals surface area contributed by atoms with Gasteiger partial charge in [0.15, 0.2) is 16.8 Å². The second-order valence-corrected chi connectivity index (χ2v) is 8.88. The van der Waals surface area contributed by atoms with Crippen molar-refractivity contribution in [2.75, 3.05) is 18.8 Å². The maximum atomic E-state index is 12.9. The Morgan fingerprint density at radius 3 is 2.53 bits per heavy atom. The summed E-state index contributed by atoms with van der Waals surface area (Å²) < 4.78 is 2.11. The SMILES string of the molecule is Cc1ccc(C)c(C(=O)CSc2nnc(CN3CCCCC3)n2-c2ccccc2)c1. The summed E-state index contributed by atoms with van der Waals surface area (Å²) in [4.78, 5) is 15.3. The highest BCUT2D eigenvalue weighted by atomic mass is 32.2. The zero-order chi connectivity index (χ0) is 20.9. The van der Waals surface area contributed by atoms with Crippen LogP contribution in [0.4, 0.5) is 0 Å². The summed E-state index contributed by atoms with van der Waals surface area (Å²) in [5, 5.41) is 9.74. The number of rotatable bonds is 7. The van der Waals surface area contributed by atoms with Gasteiger partial charge in [0, 0.05) is 11.3 Å². The molecular weight excluding hydrogens is 392 g/mol. The van der Waals surface area contributed by atoms with Crippen molar-refractivity contribution in [3.05, 3.63) is 71.0 Å².